The highest BCUT2D eigenvalue weighted by atomic mass is 32.2. The number of carbonyl (C=O) groups is 2. The first-order valence-corrected chi connectivity index (χ1v) is 10.9. The van der Waals surface area contributed by atoms with E-state index in [1.54, 1.807) is 9.80 Å². The fourth-order valence-electron chi connectivity index (χ4n) is 2.84. The van der Waals surface area contributed by atoms with Crippen LogP contribution in [0.25, 0.3) is 11.5 Å². The molecule has 1 saturated heterocycles. The molecule has 1 fully saturated rings. The highest BCUT2D eigenvalue weighted by Gasteiger charge is 2.27. The maximum Gasteiger partial charge on any atom is 0.410 e. The van der Waals surface area contributed by atoms with Crippen LogP contribution in [-0.2, 0) is 9.53 Å². The zero-order chi connectivity index (χ0) is 23.3. The van der Waals surface area contributed by atoms with E-state index in [1.165, 1.54) is 24.3 Å². The lowest BCUT2D eigenvalue weighted by Crippen LogP contribution is -2.52. The maximum atomic E-state index is 12.5. The van der Waals surface area contributed by atoms with Crippen molar-refractivity contribution in [2.75, 3.05) is 31.9 Å². The molecule has 0 aliphatic carbocycles. The molecule has 3 rings (SSSR count). The number of hydrogen-bond donors (Lipinski definition) is 0. The summed E-state index contributed by atoms with van der Waals surface area (Å²) in [5.74, 6) is 0.228. The lowest BCUT2D eigenvalue weighted by Gasteiger charge is -2.35. The number of hydrogen-bond acceptors (Lipinski definition) is 8. The average molecular weight is 470 g/mol. The number of nitrogens with zero attached hydrogens (tertiary/aromatic N) is 4. The molecule has 174 valence electrons. The number of alkyl halides is 2. The van der Waals surface area contributed by atoms with Gasteiger partial charge in [0.1, 0.15) is 11.4 Å². The van der Waals surface area contributed by atoms with Crippen LogP contribution in [0.1, 0.15) is 20.8 Å². The molecule has 1 aliphatic rings. The van der Waals surface area contributed by atoms with Gasteiger partial charge in [0.2, 0.25) is 11.8 Å². The minimum atomic E-state index is -2.90. The van der Waals surface area contributed by atoms with E-state index >= 15 is 0 Å². The number of aromatic nitrogens is 2. The third-order valence-corrected chi connectivity index (χ3v) is 5.14. The average Bonchev–Trinajstić information content (AvgIpc) is 3.20. The number of ether oxygens (including phenoxy) is 2. The standard InChI is InChI=1S/C20H24F2N4O5S/c1-20(2,3)31-19(28)26-10-8-25(9-11-26)15(27)12-32-18-24-23-16(30-18)13-4-6-14(7-5-13)29-17(21)22/h4-7,17H,8-12H2,1-3H3. The van der Waals surface area contributed by atoms with E-state index in [0.29, 0.717) is 31.7 Å². The van der Waals surface area contributed by atoms with E-state index in [2.05, 4.69) is 14.9 Å². The fourth-order valence-corrected chi connectivity index (χ4v) is 3.51. The first-order chi connectivity index (χ1) is 15.1. The smallest absolute Gasteiger partial charge is 0.410 e. The predicted octanol–water partition coefficient (Wildman–Crippen LogP) is 3.51. The Kier molecular flexibility index (Phi) is 7.54. The quantitative estimate of drug-likeness (QED) is 0.592. The normalized spacial score (nSPS) is 14.6. The van der Waals surface area contributed by atoms with Gasteiger partial charge in [0.15, 0.2) is 0 Å². The van der Waals surface area contributed by atoms with Crippen molar-refractivity contribution in [3.63, 3.8) is 0 Å². The van der Waals surface area contributed by atoms with Crippen molar-refractivity contribution in [2.45, 2.75) is 38.2 Å². The highest BCUT2D eigenvalue weighted by Crippen LogP contribution is 2.25. The molecule has 9 nitrogen and oxygen atoms in total. The summed E-state index contributed by atoms with van der Waals surface area (Å²) in [5.41, 5.74) is -0.0267. The van der Waals surface area contributed by atoms with Gasteiger partial charge in [-0.25, -0.2) is 4.79 Å². The van der Waals surface area contributed by atoms with E-state index in [-0.39, 0.29) is 34.6 Å². The second-order valence-electron chi connectivity index (χ2n) is 7.91. The summed E-state index contributed by atoms with van der Waals surface area (Å²) in [4.78, 5) is 27.9. The van der Waals surface area contributed by atoms with Gasteiger partial charge in [-0.1, -0.05) is 11.8 Å². The van der Waals surface area contributed by atoms with Crippen molar-refractivity contribution in [3.8, 4) is 17.2 Å². The summed E-state index contributed by atoms with van der Waals surface area (Å²) in [6.45, 7) is 4.17. The van der Waals surface area contributed by atoms with Crippen LogP contribution >= 0.6 is 11.8 Å². The number of thioether (sulfide) groups is 1. The Labute approximate surface area is 188 Å². The Morgan fingerprint density at radius 3 is 2.31 bits per heavy atom. The molecular weight excluding hydrogens is 446 g/mol. The monoisotopic (exact) mass is 470 g/mol. The number of rotatable bonds is 6. The Hall–Kier alpha value is -2.89. The van der Waals surface area contributed by atoms with Gasteiger partial charge in [0.25, 0.3) is 5.22 Å². The lowest BCUT2D eigenvalue weighted by atomic mass is 10.2. The fraction of sp³-hybridized carbons (Fsp3) is 0.500. The van der Waals surface area contributed by atoms with Crippen LogP contribution in [0.3, 0.4) is 0 Å². The van der Waals surface area contributed by atoms with Crippen molar-refractivity contribution in [3.05, 3.63) is 24.3 Å². The molecule has 2 heterocycles. The van der Waals surface area contributed by atoms with Crippen LogP contribution < -0.4 is 4.74 Å². The van der Waals surface area contributed by atoms with Gasteiger partial charge in [-0.2, -0.15) is 8.78 Å². The Balaban J connectivity index is 1.46. The van der Waals surface area contributed by atoms with E-state index in [1.807, 2.05) is 20.8 Å². The maximum absolute atomic E-state index is 12.5. The lowest BCUT2D eigenvalue weighted by molar-refractivity contribution is -0.130. The van der Waals surface area contributed by atoms with E-state index < -0.39 is 12.2 Å². The molecule has 1 aliphatic heterocycles. The van der Waals surface area contributed by atoms with Crippen molar-refractivity contribution in [2.24, 2.45) is 0 Å². The molecule has 2 amide bonds. The molecule has 1 aromatic heterocycles. The summed E-state index contributed by atoms with van der Waals surface area (Å²) in [5, 5.41) is 8.04. The molecule has 12 heteroatoms. The van der Waals surface area contributed by atoms with Gasteiger partial charge in [0.05, 0.1) is 5.75 Å². The number of piperazine rings is 1. The van der Waals surface area contributed by atoms with Crippen molar-refractivity contribution >= 4 is 23.8 Å². The number of halogens is 2. The molecule has 0 spiro atoms. The summed E-state index contributed by atoms with van der Waals surface area (Å²) < 4.78 is 39.6. The Morgan fingerprint density at radius 2 is 1.72 bits per heavy atom. The second kappa shape index (κ2) is 10.2. The van der Waals surface area contributed by atoms with E-state index in [4.69, 9.17) is 9.15 Å². The van der Waals surface area contributed by atoms with E-state index in [0.717, 1.165) is 11.8 Å². The van der Waals surface area contributed by atoms with Crippen LogP contribution in [0.5, 0.6) is 5.75 Å². The molecule has 1 aromatic carbocycles. The third-order valence-electron chi connectivity index (χ3n) is 4.34. The SMILES string of the molecule is CC(C)(C)OC(=O)N1CCN(C(=O)CSc2nnc(-c3ccc(OC(F)F)cc3)o2)CC1. The van der Waals surface area contributed by atoms with Gasteiger partial charge < -0.3 is 23.7 Å². The second-order valence-corrected chi connectivity index (χ2v) is 8.84. The highest BCUT2D eigenvalue weighted by molar-refractivity contribution is 7.99. The van der Waals surface area contributed by atoms with Crippen molar-refractivity contribution in [1.82, 2.24) is 20.0 Å². The largest absolute Gasteiger partial charge is 0.444 e. The summed E-state index contributed by atoms with van der Waals surface area (Å²) in [6, 6.07) is 5.79. The summed E-state index contributed by atoms with van der Waals surface area (Å²) in [7, 11) is 0. The molecule has 0 bridgehead atoms. The molecule has 0 atom stereocenters. The van der Waals surface area contributed by atoms with Crippen LogP contribution in [0.4, 0.5) is 13.6 Å². The summed E-state index contributed by atoms with van der Waals surface area (Å²) >= 11 is 1.10. The molecule has 32 heavy (non-hydrogen) atoms. The zero-order valence-corrected chi connectivity index (χ0v) is 18.7. The topological polar surface area (TPSA) is 98.0 Å². The number of carbonyl (C=O) groups excluding carboxylic acids is 2. The molecule has 0 radical (unpaired) electrons. The predicted molar refractivity (Wildman–Crippen MR) is 111 cm³/mol. The van der Waals surface area contributed by atoms with Gasteiger partial charge >= 0.3 is 12.7 Å². The van der Waals surface area contributed by atoms with Crippen LogP contribution in [0, 0.1) is 0 Å². The van der Waals surface area contributed by atoms with Gasteiger partial charge in [-0.3, -0.25) is 4.79 Å². The number of benzene rings is 1. The Bertz CT molecular complexity index is 925. The first kappa shape index (κ1) is 23.8. The molecule has 2 aromatic rings. The van der Waals surface area contributed by atoms with Crippen LogP contribution in [-0.4, -0.2) is 76.1 Å². The molecule has 0 saturated carbocycles. The third kappa shape index (κ3) is 6.81. The molecule has 0 N–H and O–H groups in total. The number of amides is 2. The minimum Gasteiger partial charge on any atom is -0.444 e. The first-order valence-electron chi connectivity index (χ1n) is 9.88. The van der Waals surface area contributed by atoms with Crippen LogP contribution in [0.2, 0.25) is 0 Å². The van der Waals surface area contributed by atoms with Crippen molar-refractivity contribution < 1.29 is 32.3 Å². The van der Waals surface area contributed by atoms with Gasteiger partial charge in [-0.05, 0) is 45.0 Å². The van der Waals surface area contributed by atoms with Crippen LogP contribution in [0.15, 0.2) is 33.9 Å². The van der Waals surface area contributed by atoms with Gasteiger partial charge in [-0.15, -0.1) is 10.2 Å². The molecular formula is C20H24F2N4O5S. The molecule has 0 unspecified atom stereocenters. The summed E-state index contributed by atoms with van der Waals surface area (Å²) in [6.07, 6.45) is -0.383. The van der Waals surface area contributed by atoms with Crippen molar-refractivity contribution in [1.29, 1.82) is 0 Å². The van der Waals surface area contributed by atoms with Gasteiger partial charge in [0, 0.05) is 31.7 Å². The minimum absolute atomic E-state index is 0.0234. The van der Waals surface area contributed by atoms with E-state index in [9.17, 15) is 18.4 Å². The Morgan fingerprint density at radius 1 is 1.09 bits per heavy atom. The zero-order valence-electron chi connectivity index (χ0n) is 17.9.